The number of methoxy groups -OCH3 is 1. The topological polar surface area (TPSA) is 99.2 Å². The highest BCUT2D eigenvalue weighted by Crippen LogP contribution is 2.16. The molecule has 2 fully saturated rings. The summed E-state index contributed by atoms with van der Waals surface area (Å²) in [5, 5.41) is 11.5. The lowest BCUT2D eigenvalue weighted by Crippen LogP contribution is -2.61. The summed E-state index contributed by atoms with van der Waals surface area (Å²) >= 11 is 0. The molecule has 106 valence electrons. The molecule has 3 amide bonds. The fourth-order valence-corrected chi connectivity index (χ4v) is 2.34. The number of piperazine rings is 1. The molecule has 0 bridgehead atoms. The lowest BCUT2D eigenvalue weighted by atomic mass is 10.2. The molecule has 0 aromatic heterocycles. The van der Waals surface area contributed by atoms with Crippen LogP contribution in [0.4, 0.5) is 4.79 Å². The minimum atomic E-state index is -1.11. The van der Waals surface area contributed by atoms with E-state index in [0.29, 0.717) is 13.1 Å². The first kappa shape index (κ1) is 13.6. The number of hydrogen-bond acceptors (Lipinski definition) is 4. The van der Waals surface area contributed by atoms with Crippen molar-refractivity contribution >= 4 is 17.9 Å². The number of urea groups is 1. The van der Waals surface area contributed by atoms with Crippen LogP contribution < -0.4 is 5.32 Å². The molecule has 2 atom stereocenters. The lowest BCUT2D eigenvalue weighted by Gasteiger charge is -2.35. The number of aliphatic carboxylic acids is 1. The van der Waals surface area contributed by atoms with Crippen molar-refractivity contribution in [3.05, 3.63) is 0 Å². The van der Waals surface area contributed by atoms with Crippen LogP contribution >= 0.6 is 0 Å². The van der Waals surface area contributed by atoms with Gasteiger partial charge in [-0.15, -0.1) is 0 Å². The van der Waals surface area contributed by atoms with Gasteiger partial charge in [-0.25, -0.2) is 9.59 Å². The smallest absolute Gasteiger partial charge is 0.328 e. The summed E-state index contributed by atoms with van der Waals surface area (Å²) < 4.78 is 5.17. The molecule has 8 nitrogen and oxygen atoms in total. The maximum Gasteiger partial charge on any atom is 0.328 e. The van der Waals surface area contributed by atoms with E-state index in [0.717, 1.165) is 11.3 Å². The van der Waals surface area contributed by atoms with Crippen LogP contribution in [0.5, 0.6) is 0 Å². The van der Waals surface area contributed by atoms with Crippen molar-refractivity contribution < 1.29 is 24.2 Å². The van der Waals surface area contributed by atoms with Gasteiger partial charge in [0.15, 0.2) is 0 Å². The number of carboxylic acid groups (broad SMARTS) is 1. The van der Waals surface area contributed by atoms with E-state index >= 15 is 0 Å². The number of rotatable bonds is 2. The van der Waals surface area contributed by atoms with E-state index in [-0.39, 0.29) is 25.1 Å². The van der Waals surface area contributed by atoms with Gasteiger partial charge in [0.25, 0.3) is 0 Å². The first-order valence-electron chi connectivity index (χ1n) is 6.10. The molecule has 0 saturated carbocycles. The Bertz CT molecular complexity index is 400. The van der Waals surface area contributed by atoms with E-state index in [1.807, 2.05) is 0 Å². The average molecular weight is 271 g/mol. The highest BCUT2D eigenvalue weighted by atomic mass is 16.5. The number of nitrogens with zero attached hydrogens (tertiary/aromatic N) is 2. The molecule has 8 heteroatoms. The fraction of sp³-hybridized carbons (Fsp3) is 0.727. The van der Waals surface area contributed by atoms with Crippen molar-refractivity contribution in [2.45, 2.75) is 18.6 Å². The van der Waals surface area contributed by atoms with Gasteiger partial charge >= 0.3 is 12.0 Å². The van der Waals surface area contributed by atoms with Crippen molar-refractivity contribution in [2.24, 2.45) is 0 Å². The minimum absolute atomic E-state index is 0.0224. The molecule has 0 radical (unpaired) electrons. The Kier molecular flexibility index (Phi) is 3.89. The van der Waals surface area contributed by atoms with E-state index in [4.69, 9.17) is 9.84 Å². The fourth-order valence-electron chi connectivity index (χ4n) is 2.34. The molecular formula is C11H17N3O5. The molecular weight excluding hydrogens is 254 g/mol. The zero-order valence-corrected chi connectivity index (χ0v) is 10.7. The quantitative estimate of drug-likeness (QED) is 0.651. The van der Waals surface area contributed by atoms with Crippen LogP contribution in [0.2, 0.25) is 0 Å². The molecule has 0 aromatic carbocycles. The largest absolute Gasteiger partial charge is 0.480 e. The summed E-state index contributed by atoms with van der Waals surface area (Å²) in [6.07, 6.45) is 0.700. The summed E-state index contributed by atoms with van der Waals surface area (Å²) in [5.74, 6) is -1.45. The van der Waals surface area contributed by atoms with E-state index in [2.05, 4.69) is 5.32 Å². The van der Waals surface area contributed by atoms with Crippen LogP contribution in [0.25, 0.3) is 0 Å². The molecule has 2 heterocycles. The van der Waals surface area contributed by atoms with E-state index in [1.165, 1.54) is 4.90 Å². The third-order valence-corrected chi connectivity index (χ3v) is 3.46. The normalized spacial score (nSPS) is 27.3. The SMILES string of the molecule is COC1CCN(C(=O)N2CC(=O)NCC2C(=O)O)C1. The third-order valence-electron chi connectivity index (χ3n) is 3.46. The first-order valence-corrected chi connectivity index (χ1v) is 6.10. The second-order valence-electron chi connectivity index (χ2n) is 4.66. The number of likely N-dealkylation sites (tertiary alicyclic amines) is 1. The number of carbonyl (C=O) groups is 3. The summed E-state index contributed by atoms with van der Waals surface area (Å²) in [6, 6.07) is -1.42. The summed E-state index contributed by atoms with van der Waals surface area (Å²) in [5.41, 5.74) is 0. The summed E-state index contributed by atoms with van der Waals surface area (Å²) in [6.45, 7) is 0.674. The minimum Gasteiger partial charge on any atom is -0.480 e. The van der Waals surface area contributed by atoms with Crippen molar-refractivity contribution in [3.8, 4) is 0 Å². The first-order chi connectivity index (χ1) is 9.02. The van der Waals surface area contributed by atoms with Crippen molar-refractivity contribution in [1.29, 1.82) is 0 Å². The Labute approximate surface area is 110 Å². The van der Waals surface area contributed by atoms with Gasteiger partial charge in [0, 0.05) is 26.7 Å². The Balaban J connectivity index is 2.06. The van der Waals surface area contributed by atoms with Crippen LogP contribution in [-0.4, -0.2) is 78.2 Å². The average Bonchev–Trinajstić information content (AvgIpc) is 2.86. The molecule has 2 rings (SSSR count). The van der Waals surface area contributed by atoms with Crippen molar-refractivity contribution in [1.82, 2.24) is 15.1 Å². The molecule has 0 spiro atoms. The number of ether oxygens (including phenoxy) is 1. The van der Waals surface area contributed by atoms with Crippen molar-refractivity contribution in [3.63, 3.8) is 0 Å². The number of amides is 3. The summed E-state index contributed by atoms with van der Waals surface area (Å²) in [7, 11) is 1.58. The maximum absolute atomic E-state index is 12.3. The molecule has 0 aromatic rings. The Morgan fingerprint density at radius 3 is 2.79 bits per heavy atom. The standard InChI is InChI=1S/C11H17N3O5/c1-19-7-2-3-13(5-7)11(18)14-6-9(15)12-4-8(14)10(16)17/h7-8H,2-6H2,1H3,(H,12,15)(H,16,17). The molecule has 2 saturated heterocycles. The molecule has 0 aliphatic carbocycles. The van der Waals surface area contributed by atoms with Crippen LogP contribution in [0.3, 0.4) is 0 Å². The Morgan fingerprint density at radius 2 is 2.21 bits per heavy atom. The number of carbonyl (C=O) groups excluding carboxylic acids is 2. The molecule has 2 N–H and O–H groups in total. The molecule has 2 aliphatic heterocycles. The Morgan fingerprint density at radius 1 is 1.47 bits per heavy atom. The van der Waals surface area contributed by atoms with Gasteiger partial charge in [0.1, 0.15) is 12.6 Å². The van der Waals surface area contributed by atoms with Crippen LogP contribution in [0, 0.1) is 0 Å². The second kappa shape index (κ2) is 5.43. The third kappa shape index (κ3) is 2.78. The van der Waals surface area contributed by atoms with Gasteiger partial charge in [0.2, 0.25) is 5.91 Å². The predicted octanol–water partition coefficient (Wildman–Crippen LogP) is -1.29. The highest BCUT2D eigenvalue weighted by molar-refractivity contribution is 5.90. The van der Waals surface area contributed by atoms with E-state index < -0.39 is 18.0 Å². The zero-order chi connectivity index (χ0) is 14.0. The highest BCUT2D eigenvalue weighted by Gasteiger charge is 2.39. The lowest BCUT2D eigenvalue weighted by molar-refractivity contribution is -0.144. The van der Waals surface area contributed by atoms with Gasteiger partial charge in [-0.3, -0.25) is 9.69 Å². The van der Waals surface area contributed by atoms with Gasteiger partial charge in [-0.05, 0) is 6.42 Å². The molecule has 2 aliphatic rings. The summed E-state index contributed by atoms with van der Waals surface area (Å²) in [4.78, 5) is 37.4. The van der Waals surface area contributed by atoms with E-state index in [1.54, 1.807) is 7.11 Å². The van der Waals surface area contributed by atoms with Crippen LogP contribution in [0.15, 0.2) is 0 Å². The van der Waals surface area contributed by atoms with E-state index in [9.17, 15) is 14.4 Å². The number of nitrogens with one attached hydrogen (secondary N) is 1. The molecule has 19 heavy (non-hydrogen) atoms. The van der Waals surface area contributed by atoms with Gasteiger partial charge in [-0.1, -0.05) is 0 Å². The van der Waals surface area contributed by atoms with Crippen LogP contribution in [-0.2, 0) is 14.3 Å². The predicted molar refractivity (Wildman–Crippen MR) is 63.5 cm³/mol. The number of carboxylic acids is 1. The van der Waals surface area contributed by atoms with Gasteiger partial charge < -0.3 is 20.1 Å². The van der Waals surface area contributed by atoms with Crippen LogP contribution in [0.1, 0.15) is 6.42 Å². The number of hydrogen-bond donors (Lipinski definition) is 2. The van der Waals surface area contributed by atoms with Crippen molar-refractivity contribution in [2.75, 3.05) is 33.3 Å². The monoisotopic (exact) mass is 271 g/mol. The molecule has 2 unspecified atom stereocenters. The van der Waals surface area contributed by atoms with Gasteiger partial charge in [0.05, 0.1) is 6.10 Å². The Hall–Kier alpha value is -1.83. The maximum atomic E-state index is 12.3. The zero-order valence-electron chi connectivity index (χ0n) is 10.7. The van der Waals surface area contributed by atoms with Gasteiger partial charge in [-0.2, -0.15) is 0 Å². The second-order valence-corrected chi connectivity index (χ2v) is 4.66.